The molecule has 5 heteroatoms. The van der Waals surface area contributed by atoms with E-state index in [0.717, 1.165) is 25.8 Å². The third kappa shape index (κ3) is 4.37. The first-order valence-corrected chi connectivity index (χ1v) is 7.79. The minimum absolute atomic E-state index is 0.0549. The van der Waals surface area contributed by atoms with Gasteiger partial charge in [-0.05, 0) is 31.4 Å². The lowest BCUT2D eigenvalue weighted by Crippen LogP contribution is -2.36. The van der Waals surface area contributed by atoms with E-state index in [-0.39, 0.29) is 5.91 Å². The molecule has 0 bridgehead atoms. The van der Waals surface area contributed by atoms with Gasteiger partial charge >= 0.3 is 0 Å². The Morgan fingerprint density at radius 2 is 2.10 bits per heavy atom. The molecule has 1 aromatic heterocycles. The molecule has 1 aromatic rings. The van der Waals surface area contributed by atoms with Crippen molar-refractivity contribution in [2.45, 2.75) is 51.5 Å². The average Bonchev–Trinajstić information content (AvgIpc) is 2.45. The number of amides is 1. The van der Waals surface area contributed by atoms with Crippen LogP contribution in [-0.4, -0.2) is 23.5 Å². The lowest BCUT2D eigenvalue weighted by molar-refractivity contribution is 0.0927. The van der Waals surface area contributed by atoms with Crippen LogP contribution in [0.2, 0.25) is 5.15 Å². The molecule has 0 unspecified atom stereocenters. The van der Waals surface area contributed by atoms with E-state index in [2.05, 4.69) is 22.5 Å². The van der Waals surface area contributed by atoms with Gasteiger partial charge < -0.3 is 10.6 Å². The third-order valence-electron chi connectivity index (χ3n) is 3.55. The second kappa shape index (κ2) is 7.48. The molecule has 1 aliphatic carbocycles. The largest absolute Gasteiger partial charge is 0.370 e. The van der Waals surface area contributed by atoms with Crippen LogP contribution in [0, 0.1) is 0 Å². The van der Waals surface area contributed by atoms with Gasteiger partial charge in [-0.15, -0.1) is 0 Å². The Morgan fingerprint density at radius 1 is 1.35 bits per heavy atom. The standard InChI is InChI=1S/C15H22ClN3O/c1-2-8-17-14-10-11(9-13(16)19-14)15(20)18-12-6-4-3-5-7-12/h9-10,12H,2-8H2,1H3,(H,17,19)(H,18,20). The van der Waals surface area contributed by atoms with Gasteiger partial charge in [0.15, 0.2) is 0 Å². The maximum Gasteiger partial charge on any atom is 0.251 e. The fraction of sp³-hybridized carbons (Fsp3) is 0.600. The van der Waals surface area contributed by atoms with E-state index in [1.165, 1.54) is 19.3 Å². The SMILES string of the molecule is CCCNc1cc(C(=O)NC2CCCCC2)cc(Cl)n1. The number of carbonyl (C=O) groups is 1. The predicted octanol–water partition coefficient (Wildman–Crippen LogP) is 3.62. The first kappa shape index (κ1) is 15.1. The minimum Gasteiger partial charge on any atom is -0.370 e. The van der Waals surface area contributed by atoms with E-state index in [0.29, 0.717) is 22.6 Å². The van der Waals surface area contributed by atoms with Gasteiger partial charge in [0.1, 0.15) is 11.0 Å². The number of hydrogen-bond acceptors (Lipinski definition) is 3. The van der Waals surface area contributed by atoms with Crippen molar-refractivity contribution in [2.24, 2.45) is 0 Å². The molecule has 1 saturated carbocycles. The molecular formula is C15H22ClN3O. The Bertz CT molecular complexity index is 458. The summed E-state index contributed by atoms with van der Waals surface area (Å²) in [5, 5.41) is 6.60. The van der Waals surface area contributed by atoms with Crippen LogP contribution in [0.3, 0.4) is 0 Å². The van der Waals surface area contributed by atoms with Crippen LogP contribution in [0.25, 0.3) is 0 Å². The fourth-order valence-corrected chi connectivity index (χ4v) is 2.70. The molecule has 0 radical (unpaired) electrons. The zero-order chi connectivity index (χ0) is 14.4. The topological polar surface area (TPSA) is 54.0 Å². The van der Waals surface area contributed by atoms with E-state index >= 15 is 0 Å². The smallest absolute Gasteiger partial charge is 0.251 e. The summed E-state index contributed by atoms with van der Waals surface area (Å²) >= 11 is 5.98. The summed E-state index contributed by atoms with van der Waals surface area (Å²) in [6.45, 7) is 2.89. The highest BCUT2D eigenvalue weighted by Crippen LogP contribution is 2.19. The molecule has 1 amide bonds. The minimum atomic E-state index is -0.0549. The molecule has 1 fully saturated rings. The van der Waals surface area contributed by atoms with Gasteiger partial charge in [0.25, 0.3) is 5.91 Å². The van der Waals surface area contributed by atoms with Gasteiger partial charge in [0.05, 0.1) is 0 Å². The number of halogens is 1. The van der Waals surface area contributed by atoms with Crippen molar-refractivity contribution in [3.8, 4) is 0 Å². The van der Waals surface area contributed by atoms with Crippen LogP contribution in [0.4, 0.5) is 5.82 Å². The van der Waals surface area contributed by atoms with Crippen molar-refractivity contribution in [2.75, 3.05) is 11.9 Å². The monoisotopic (exact) mass is 295 g/mol. The molecule has 0 atom stereocenters. The van der Waals surface area contributed by atoms with Crippen molar-refractivity contribution in [1.82, 2.24) is 10.3 Å². The number of hydrogen-bond donors (Lipinski definition) is 2. The van der Waals surface area contributed by atoms with Crippen LogP contribution in [0.15, 0.2) is 12.1 Å². The molecule has 0 spiro atoms. The van der Waals surface area contributed by atoms with Crippen molar-refractivity contribution < 1.29 is 4.79 Å². The van der Waals surface area contributed by atoms with E-state index in [1.807, 2.05) is 0 Å². The number of nitrogens with zero attached hydrogens (tertiary/aromatic N) is 1. The second-order valence-electron chi connectivity index (χ2n) is 5.30. The predicted molar refractivity (Wildman–Crippen MR) is 82.4 cm³/mol. The van der Waals surface area contributed by atoms with Crippen LogP contribution < -0.4 is 10.6 Å². The molecule has 2 N–H and O–H groups in total. The van der Waals surface area contributed by atoms with Crippen LogP contribution in [-0.2, 0) is 0 Å². The van der Waals surface area contributed by atoms with Gasteiger partial charge in [-0.1, -0.05) is 37.8 Å². The molecule has 2 rings (SSSR count). The summed E-state index contributed by atoms with van der Waals surface area (Å²) in [6, 6.07) is 3.69. The van der Waals surface area contributed by atoms with Crippen molar-refractivity contribution in [3.05, 3.63) is 22.8 Å². The quantitative estimate of drug-likeness (QED) is 0.816. The average molecular weight is 296 g/mol. The Balaban J connectivity index is 2.02. The number of nitrogens with one attached hydrogen (secondary N) is 2. The molecular weight excluding hydrogens is 274 g/mol. The molecule has 1 heterocycles. The maximum absolute atomic E-state index is 12.3. The van der Waals surface area contributed by atoms with Gasteiger partial charge in [0.2, 0.25) is 0 Å². The van der Waals surface area contributed by atoms with Crippen molar-refractivity contribution in [1.29, 1.82) is 0 Å². The Hall–Kier alpha value is -1.29. The maximum atomic E-state index is 12.3. The highest BCUT2D eigenvalue weighted by molar-refractivity contribution is 6.29. The number of aromatic nitrogens is 1. The van der Waals surface area contributed by atoms with E-state index in [9.17, 15) is 4.79 Å². The van der Waals surface area contributed by atoms with E-state index in [4.69, 9.17) is 11.6 Å². The Labute approximate surface area is 125 Å². The lowest BCUT2D eigenvalue weighted by Gasteiger charge is -2.22. The van der Waals surface area contributed by atoms with Crippen LogP contribution in [0.1, 0.15) is 55.8 Å². The van der Waals surface area contributed by atoms with Crippen LogP contribution in [0.5, 0.6) is 0 Å². The molecule has 4 nitrogen and oxygen atoms in total. The zero-order valence-electron chi connectivity index (χ0n) is 11.9. The highest BCUT2D eigenvalue weighted by atomic mass is 35.5. The summed E-state index contributed by atoms with van der Waals surface area (Å²) in [6.07, 6.45) is 6.82. The van der Waals surface area contributed by atoms with Crippen molar-refractivity contribution >= 4 is 23.3 Å². The summed E-state index contributed by atoms with van der Waals surface area (Å²) in [5.41, 5.74) is 0.578. The van der Waals surface area contributed by atoms with Gasteiger partial charge in [-0.3, -0.25) is 4.79 Å². The first-order valence-electron chi connectivity index (χ1n) is 7.41. The molecule has 110 valence electrons. The van der Waals surface area contributed by atoms with Gasteiger partial charge in [-0.2, -0.15) is 0 Å². The fourth-order valence-electron chi connectivity index (χ4n) is 2.49. The summed E-state index contributed by atoms with van der Waals surface area (Å²) in [7, 11) is 0. The number of rotatable bonds is 5. The number of anilines is 1. The number of carbonyl (C=O) groups excluding carboxylic acids is 1. The zero-order valence-corrected chi connectivity index (χ0v) is 12.7. The van der Waals surface area contributed by atoms with Gasteiger partial charge in [-0.25, -0.2) is 4.98 Å². The molecule has 1 aliphatic rings. The molecule has 0 aliphatic heterocycles. The Morgan fingerprint density at radius 3 is 2.80 bits per heavy atom. The lowest BCUT2D eigenvalue weighted by atomic mass is 9.95. The second-order valence-corrected chi connectivity index (χ2v) is 5.69. The highest BCUT2D eigenvalue weighted by Gasteiger charge is 2.17. The summed E-state index contributed by atoms with van der Waals surface area (Å²) < 4.78 is 0. The molecule has 0 aromatic carbocycles. The first-order chi connectivity index (χ1) is 9.69. The number of pyridine rings is 1. The summed E-state index contributed by atoms with van der Waals surface area (Å²) in [4.78, 5) is 16.4. The van der Waals surface area contributed by atoms with E-state index in [1.54, 1.807) is 12.1 Å². The molecule has 20 heavy (non-hydrogen) atoms. The normalized spacial score (nSPS) is 15.9. The third-order valence-corrected chi connectivity index (χ3v) is 3.75. The molecule has 0 saturated heterocycles. The van der Waals surface area contributed by atoms with Crippen LogP contribution >= 0.6 is 11.6 Å². The summed E-state index contributed by atoms with van der Waals surface area (Å²) in [5.74, 6) is 0.605. The Kier molecular flexibility index (Phi) is 5.65. The van der Waals surface area contributed by atoms with Gasteiger partial charge in [0, 0.05) is 18.2 Å². The van der Waals surface area contributed by atoms with E-state index < -0.39 is 0 Å². The van der Waals surface area contributed by atoms with Crippen molar-refractivity contribution in [3.63, 3.8) is 0 Å².